The quantitative estimate of drug-likeness (QED) is 0.228. The average molecular weight is 187 g/mol. The van der Waals surface area contributed by atoms with E-state index in [1.807, 2.05) is 0 Å². The number of hydrogen-bond donors (Lipinski definition) is 2. The summed E-state index contributed by atoms with van der Waals surface area (Å²) in [5, 5.41) is 16.1. The molecular weight excluding hydrogens is 179 g/mol. The molecule has 0 saturated carbocycles. The van der Waals surface area contributed by atoms with Crippen LogP contribution in [0.15, 0.2) is 0 Å². The fourth-order valence-electron chi connectivity index (χ4n) is 0.364. The van der Waals surface area contributed by atoms with Crippen LogP contribution in [0.4, 0.5) is 0 Å². The number of rotatable bonds is 4. The molecule has 6 nitrogen and oxygen atoms in total. The molecule has 0 unspecified atom stereocenters. The summed E-state index contributed by atoms with van der Waals surface area (Å²) >= 11 is 0. The predicted molar refractivity (Wildman–Crippen MR) is 36.7 cm³/mol. The summed E-state index contributed by atoms with van der Waals surface area (Å²) < 4.78 is 7.99. The molecule has 0 atom stereocenters. The molecule has 0 heterocycles. The van der Waals surface area contributed by atoms with Crippen molar-refractivity contribution in [3.8, 4) is 0 Å². The van der Waals surface area contributed by atoms with Crippen LogP contribution in [0, 0.1) is 0 Å². The Kier molecular flexibility index (Phi) is 10.7. The average Bonchev–Trinajstić information content (AvgIpc) is 1.87. The van der Waals surface area contributed by atoms with Crippen molar-refractivity contribution in [2.24, 2.45) is 0 Å². The molecule has 0 spiro atoms. The molecule has 0 fully saturated rings. The minimum atomic E-state index is -0.897. The van der Waals surface area contributed by atoms with Gasteiger partial charge in [0.1, 0.15) is 6.42 Å². The Bertz CT molecular complexity index is 131. The van der Waals surface area contributed by atoms with Crippen LogP contribution in [-0.2, 0) is 19.1 Å². The molecule has 0 aromatic heterocycles. The molecule has 0 amide bonds. The minimum absolute atomic E-state index is 0. The standard InChI is InChI=1S/C5H8O6.Na/c6-2-10-4(8)1-5(9)11-3-7;/h6-7H,1-3H2;. The Labute approximate surface area is 90.8 Å². The first-order chi connectivity index (χ1) is 5.20. The Balaban J connectivity index is 0. The maximum absolute atomic E-state index is 10.4. The first-order valence-corrected chi connectivity index (χ1v) is 2.73. The second-order valence-electron chi connectivity index (χ2n) is 1.47. The van der Waals surface area contributed by atoms with Gasteiger partial charge in [-0.05, 0) is 0 Å². The first kappa shape index (κ1) is 14.4. The molecule has 7 heteroatoms. The largest absolute Gasteiger partial charge is 0.438 e. The van der Waals surface area contributed by atoms with Gasteiger partial charge in [-0.1, -0.05) is 0 Å². The van der Waals surface area contributed by atoms with E-state index in [2.05, 4.69) is 9.47 Å². The summed E-state index contributed by atoms with van der Waals surface area (Å²) in [5.41, 5.74) is 0. The Hall–Kier alpha value is -0.140. The van der Waals surface area contributed by atoms with E-state index in [1.54, 1.807) is 0 Å². The monoisotopic (exact) mass is 187 g/mol. The van der Waals surface area contributed by atoms with Crippen LogP contribution >= 0.6 is 0 Å². The number of aliphatic hydroxyl groups is 2. The van der Waals surface area contributed by atoms with Crippen molar-refractivity contribution in [3.05, 3.63) is 0 Å². The first-order valence-electron chi connectivity index (χ1n) is 2.73. The zero-order valence-corrected chi connectivity index (χ0v) is 8.65. The topological polar surface area (TPSA) is 93.1 Å². The zero-order chi connectivity index (χ0) is 8.69. The van der Waals surface area contributed by atoms with Crippen molar-refractivity contribution < 1.29 is 29.3 Å². The summed E-state index contributed by atoms with van der Waals surface area (Å²) in [6.45, 7) is -1.55. The zero-order valence-electron chi connectivity index (χ0n) is 6.65. The molecule has 65 valence electrons. The fraction of sp³-hybridized carbons (Fsp3) is 0.600. The van der Waals surface area contributed by atoms with Gasteiger partial charge in [-0.25, -0.2) is 0 Å². The van der Waals surface area contributed by atoms with Gasteiger partial charge in [0.2, 0.25) is 0 Å². The van der Waals surface area contributed by atoms with Gasteiger partial charge < -0.3 is 19.7 Å². The van der Waals surface area contributed by atoms with Gasteiger partial charge in [0.05, 0.1) is 0 Å². The van der Waals surface area contributed by atoms with Crippen molar-refractivity contribution in [2.45, 2.75) is 6.42 Å². The van der Waals surface area contributed by atoms with Gasteiger partial charge in [0, 0.05) is 29.6 Å². The van der Waals surface area contributed by atoms with E-state index >= 15 is 0 Å². The van der Waals surface area contributed by atoms with E-state index in [4.69, 9.17) is 10.2 Å². The second kappa shape index (κ2) is 8.95. The maximum Gasteiger partial charge on any atom is 0.319 e. The van der Waals surface area contributed by atoms with E-state index < -0.39 is 31.9 Å². The van der Waals surface area contributed by atoms with E-state index in [0.29, 0.717) is 0 Å². The Morgan fingerprint density at radius 2 is 1.33 bits per heavy atom. The number of esters is 2. The van der Waals surface area contributed by atoms with Gasteiger partial charge in [-0.2, -0.15) is 0 Å². The molecule has 0 bridgehead atoms. The Morgan fingerprint density at radius 3 is 1.58 bits per heavy atom. The number of hydrogen-bond acceptors (Lipinski definition) is 6. The van der Waals surface area contributed by atoms with E-state index in [9.17, 15) is 9.59 Å². The van der Waals surface area contributed by atoms with Crippen molar-refractivity contribution in [2.75, 3.05) is 13.6 Å². The molecular formula is C5H8NaO6. The minimum Gasteiger partial charge on any atom is -0.438 e. The van der Waals surface area contributed by atoms with Crippen LogP contribution in [0.5, 0.6) is 0 Å². The fourth-order valence-corrected chi connectivity index (χ4v) is 0.364. The van der Waals surface area contributed by atoms with Crippen LogP contribution in [0.1, 0.15) is 6.42 Å². The van der Waals surface area contributed by atoms with Crippen molar-refractivity contribution in [1.82, 2.24) is 0 Å². The maximum atomic E-state index is 10.4. The summed E-state index contributed by atoms with van der Waals surface area (Å²) in [7, 11) is 0. The molecule has 0 aromatic rings. The molecule has 0 aliphatic carbocycles. The van der Waals surface area contributed by atoms with Crippen LogP contribution in [0.25, 0.3) is 0 Å². The second-order valence-corrected chi connectivity index (χ2v) is 1.47. The molecule has 0 rings (SSSR count). The third-order valence-electron chi connectivity index (χ3n) is 0.740. The summed E-state index contributed by atoms with van der Waals surface area (Å²) in [5.74, 6) is -1.79. The molecule has 12 heavy (non-hydrogen) atoms. The molecule has 0 aromatic carbocycles. The van der Waals surface area contributed by atoms with Gasteiger partial charge in [-0.15, -0.1) is 0 Å². The van der Waals surface area contributed by atoms with Crippen LogP contribution in [-0.4, -0.2) is 65.3 Å². The third kappa shape index (κ3) is 7.96. The van der Waals surface area contributed by atoms with Gasteiger partial charge in [-0.3, -0.25) is 9.59 Å². The predicted octanol–water partition coefficient (Wildman–Crippen LogP) is -2.02. The smallest absolute Gasteiger partial charge is 0.319 e. The van der Waals surface area contributed by atoms with Gasteiger partial charge in [0.25, 0.3) is 0 Å². The van der Waals surface area contributed by atoms with Gasteiger partial charge in [0.15, 0.2) is 13.6 Å². The normalized spacial score (nSPS) is 8.17. The van der Waals surface area contributed by atoms with E-state index in [-0.39, 0.29) is 29.6 Å². The molecule has 1 radical (unpaired) electrons. The summed E-state index contributed by atoms with van der Waals surface area (Å²) in [6, 6.07) is 0. The molecule has 0 saturated heterocycles. The van der Waals surface area contributed by atoms with E-state index in [0.717, 1.165) is 0 Å². The van der Waals surface area contributed by atoms with Crippen LogP contribution in [0.2, 0.25) is 0 Å². The summed E-state index contributed by atoms with van der Waals surface area (Å²) in [6.07, 6.45) is -0.610. The van der Waals surface area contributed by atoms with Crippen molar-refractivity contribution in [1.29, 1.82) is 0 Å². The van der Waals surface area contributed by atoms with Crippen molar-refractivity contribution in [3.63, 3.8) is 0 Å². The van der Waals surface area contributed by atoms with Crippen molar-refractivity contribution >= 4 is 41.5 Å². The SMILES string of the molecule is O=C(CC(=O)OCO)OCO.[Na]. The number of carbonyl (C=O) groups is 2. The molecule has 0 aliphatic rings. The number of aliphatic hydroxyl groups excluding tert-OH is 2. The van der Waals surface area contributed by atoms with Gasteiger partial charge >= 0.3 is 11.9 Å². The van der Waals surface area contributed by atoms with E-state index in [1.165, 1.54) is 0 Å². The number of carbonyl (C=O) groups excluding carboxylic acids is 2. The van der Waals surface area contributed by atoms with Crippen LogP contribution < -0.4 is 0 Å². The summed E-state index contributed by atoms with van der Waals surface area (Å²) in [4.78, 5) is 20.7. The number of ether oxygens (including phenoxy) is 2. The third-order valence-corrected chi connectivity index (χ3v) is 0.740. The Morgan fingerprint density at radius 1 is 1.00 bits per heavy atom. The molecule has 2 N–H and O–H groups in total. The van der Waals surface area contributed by atoms with Crippen LogP contribution in [0.3, 0.4) is 0 Å². The molecule has 0 aliphatic heterocycles.